The van der Waals surface area contributed by atoms with Gasteiger partial charge in [-0.25, -0.2) is 4.79 Å². The van der Waals surface area contributed by atoms with Crippen LogP contribution in [-0.4, -0.2) is 28.3 Å². The molecule has 27 heavy (non-hydrogen) atoms. The van der Waals surface area contributed by atoms with Gasteiger partial charge < -0.3 is 14.8 Å². The molecule has 0 unspecified atom stereocenters. The maximum atomic E-state index is 12.3. The Morgan fingerprint density at radius 3 is 1.89 bits per heavy atom. The smallest absolute Gasteiger partial charge is 0.329 e. The highest BCUT2D eigenvalue weighted by Gasteiger charge is 2.26. The molecule has 0 aliphatic rings. The van der Waals surface area contributed by atoms with Gasteiger partial charge in [0.15, 0.2) is 0 Å². The van der Waals surface area contributed by atoms with E-state index in [0.717, 1.165) is 11.1 Å². The van der Waals surface area contributed by atoms with Gasteiger partial charge in [-0.2, -0.15) is 0 Å². The maximum Gasteiger partial charge on any atom is 0.329 e. The molecule has 0 saturated heterocycles. The van der Waals surface area contributed by atoms with Crippen LogP contribution in [0.15, 0.2) is 60.7 Å². The zero-order valence-electron chi connectivity index (χ0n) is 14.6. The average Bonchev–Trinajstić information content (AvgIpc) is 2.71. The monoisotopic (exact) mass is 481 g/mol. The molecule has 7 heteroatoms. The topological polar surface area (TPSA) is 81.7 Å². The first-order valence-corrected chi connectivity index (χ1v) is 9.86. The van der Waals surface area contributed by atoms with Gasteiger partial charge >= 0.3 is 11.9 Å². The Hall–Kier alpha value is -2.42. The van der Waals surface area contributed by atoms with Crippen molar-refractivity contribution in [1.29, 1.82) is 0 Å². The summed E-state index contributed by atoms with van der Waals surface area (Å²) in [4.78, 5) is 36.1. The second-order valence-corrected chi connectivity index (χ2v) is 6.46. The number of nitrogens with one attached hydrogen (secondary N) is 1. The highest BCUT2D eigenvalue weighted by Crippen LogP contribution is 2.07. The molecule has 2 rings (SSSR count). The predicted octanol–water partition coefficient (Wildman–Crippen LogP) is 2.78. The third-order valence-electron chi connectivity index (χ3n) is 3.58. The summed E-state index contributed by atoms with van der Waals surface area (Å²) >= 11 is 1.88. The number of carbonyl (C=O) groups excluding carboxylic acids is 3. The van der Waals surface area contributed by atoms with Crippen LogP contribution in [0.5, 0.6) is 0 Å². The Labute approximate surface area is 171 Å². The summed E-state index contributed by atoms with van der Waals surface area (Å²) in [5.74, 6) is -1.61. The highest BCUT2D eigenvalue weighted by molar-refractivity contribution is 14.1. The van der Waals surface area contributed by atoms with Gasteiger partial charge in [-0.05, 0) is 11.1 Å². The quantitative estimate of drug-likeness (QED) is 0.339. The molecule has 0 aliphatic carbocycles. The van der Waals surface area contributed by atoms with Crippen molar-refractivity contribution in [3.8, 4) is 0 Å². The Morgan fingerprint density at radius 2 is 1.37 bits per heavy atom. The fourth-order valence-electron chi connectivity index (χ4n) is 2.22. The minimum Gasteiger partial charge on any atom is -0.461 e. The second-order valence-electron chi connectivity index (χ2n) is 5.70. The lowest BCUT2D eigenvalue weighted by Gasteiger charge is -2.17. The fourth-order valence-corrected chi connectivity index (χ4v) is 2.44. The summed E-state index contributed by atoms with van der Waals surface area (Å²) in [7, 11) is 0. The van der Waals surface area contributed by atoms with E-state index in [1.165, 1.54) is 0 Å². The molecule has 0 heterocycles. The molecule has 0 spiro atoms. The van der Waals surface area contributed by atoms with Crippen molar-refractivity contribution < 1.29 is 23.9 Å². The van der Waals surface area contributed by atoms with Crippen molar-refractivity contribution in [1.82, 2.24) is 5.32 Å². The highest BCUT2D eigenvalue weighted by atomic mass is 127. The summed E-state index contributed by atoms with van der Waals surface area (Å²) < 4.78 is 10.6. The number of benzene rings is 2. The van der Waals surface area contributed by atoms with Gasteiger partial charge in [0.25, 0.3) is 0 Å². The Bertz CT molecular complexity index is 751. The van der Waals surface area contributed by atoms with Crippen LogP contribution in [0.2, 0.25) is 0 Å². The summed E-state index contributed by atoms with van der Waals surface area (Å²) in [6, 6.07) is 17.3. The van der Waals surface area contributed by atoms with E-state index in [0.29, 0.717) is 0 Å². The molecule has 1 N–H and O–H groups in total. The van der Waals surface area contributed by atoms with Crippen LogP contribution in [0.4, 0.5) is 0 Å². The normalized spacial score (nSPS) is 11.3. The van der Waals surface area contributed by atoms with E-state index < -0.39 is 18.0 Å². The van der Waals surface area contributed by atoms with E-state index in [-0.39, 0.29) is 30.0 Å². The van der Waals surface area contributed by atoms with Crippen LogP contribution in [0.1, 0.15) is 17.5 Å². The lowest BCUT2D eigenvalue weighted by molar-refractivity contribution is -0.155. The molecule has 0 radical (unpaired) electrons. The lowest BCUT2D eigenvalue weighted by atomic mass is 10.2. The molecule has 2 aromatic carbocycles. The third-order valence-corrected chi connectivity index (χ3v) is 4.27. The van der Waals surface area contributed by atoms with E-state index in [9.17, 15) is 14.4 Å². The summed E-state index contributed by atoms with van der Waals surface area (Å²) in [6.07, 6.45) is -0.289. The summed E-state index contributed by atoms with van der Waals surface area (Å²) in [6.45, 7) is 0.168. The van der Waals surface area contributed by atoms with E-state index >= 15 is 0 Å². The molecule has 142 valence electrons. The lowest BCUT2D eigenvalue weighted by Crippen LogP contribution is -2.44. The number of halogens is 1. The van der Waals surface area contributed by atoms with Crippen molar-refractivity contribution in [3.05, 3.63) is 71.8 Å². The van der Waals surface area contributed by atoms with Crippen LogP contribution >= 0.6 is 22.6 Å². The first-order chi connectivity index (χ1) is 13.1. The molecular formula is C20H20INO5. The van der Waals surface area contributed by atoms with Gasteiger partial charge in [-0.3, -0.25) is 9.59 Å². The zero-order valence-corrected chi connectivity index (χ0v) is 16.8. The number of amides is 1. The third kappa shape index (κ3) is 7.78. The molecule has 0 aliphatic heterocycles. The number of carbonyl (C=O) groups is 3. The van der Waals surface area contributed by atoms with E-state index in [2.05, 4.69) is 5.32 Å². The van der Waals surface area contributed by atoms with Crippen LogP contribution in [0.3, 0.4) is 0 Å². The molecule has 0 aromatic heterocycles. The molecule has 0 bridgehead atoms. The minimum absolute atomic E-state index is 0.0648. The second kappa shape index (κ2) is 11.3. The fraction of sp³-hybridized carbons (Fsp3) is 0.250. The number of hydrogen-bond acceptors (Lipinski definition) is 5. The Kier molecular flexibility index (Phi) is 8.76. The van der Waals surface area contributed by atoms with Crippen molar-refractivity contribution in [2.24, 2.45) is 0 Å². The summed E-state index contributed by atoms with van der Waals surface area (Å²) in [5.41, 5.74) is 1.65. The molecular weight excluding hydrogens is 461 g/mol. The molecule has 6 nitrogen and oxygen atoms in total. The maximum absolute atomic E-state index is 12.3. The van der Waals surface area contributed by atoms with Gasteiger partial charge in [-0.15, -0.1) is 0 Å². The zero-order chi connectivity index (χ0) is 19.5. The van der Waals surface area contributed by atoms with E-state index in [1.54, 1.807) is 0 Å². The Morgan fingerprint density at radius 1 is 0.852 bits per heavy atom. The molecule has 1 atom stereocenters. The average molecular weight is 481 g/mol. The van der Waals surface area contributed by atoms with Crippen LogP contribution in [-0.2, 0) is 37.1 Å². The van der Waals surface area contributed by atoms with E-state index in [4.69, 9.17) is 9.47 Å². The first kappa shape index (κ1) is 20.9. The van der Waals surface area contributed by atoms with Gasteiger partial charge in [0.1, 0.15) is 19.3 Å². The molecule has 0 fully saturated rings. The van der Waals surface area contributed by atoms with Crippen molar-refractivity contribution >= 4 is 40.4 Å². The molecule has 1 amide bonds. The Balaban J connectivity index is 1.90. The molecule has 0 saturated carbocycles. The number of hydrogen-bond donors (Lipinski definition) is 1. The van der Waals surface area contributed by atoms with Gasteiger partial charge in [-0.1, -0.05) is 83.3 Å². The van der Waals surface area contributed by atoms with Gasteiger partial charge in [0, 0.05) is 0 Å². The number of alkyl halides is 1. The first-order valence-electron chi connectivity index (χ1n) is 8.34. The number of ether oxygens (including phenoxy) is 2. The standard InChI is InChI=1S/C20H20INO5/c21-12-18(23)22-17(20(25)27-14-16-9-5-2-6-10-16)11-19(24)26-13-15-7-3-1-4-8-15/h1-10,17H,11-14H2,(H,22,23)/t17-/m0/s1. The SMILES string of the molecule is O=C(CI)N[C@@H](CC(=O)OCc1ccccc1)C(=O)OCc1ccccc1. The predicted molar refractivity (Wildman–Crippen MR) is 108 cm³/mol. The summed E-state index contributed by atoms with van der Waals surface area (Å²) in [5, 5.41) is 2.51. The van der Waals surface area contributed by atoms with Crippen molar-refractivity contribution in [2.75, 3.05) is 4.43 Å². The van der Waals surface area contributed by atoms with Crippen molar-refractivity contribution in [2.45, 2.75) is 25.7 Å². The number of rotatable bonds is 9. The van der Waals surface area contributed by atoms with Crippen LogP contribution in [0, 0.1) is 0 Å². The van der Waals surface area contributed by atoms with Crippen molar-refractivity contribution in [3.63, 3.8) is 0 Å². The van der Waals surface area contributed by atoms with Crippen LogP contribution < -0.4 is 5.32 Å². The van der Waals surface area contributed by atoms with E-state index in [1.807, 2.05) is 83.3 Å². The minimum atomic E-state index is -1.08. The number of esters is 2. The van der Waals surface area contributed by atoms with Gasteiger partial charge in [0.05, 0.1) is 10.8 Å². The van der Waals surface area contributed by atoms with Crippen LogP contribution in [0.25, 0.3) is 0 Å². The largest absolute Gasteiger partial charge is 0.461 e. The molecule has 2 aromatic rings. The van der Waals surface area contributed by atoms with Gasteiger partial charge in [0.2, 0.25) is 5.91 Å².